The third-order valence-electron chi connectivity index (χ3n) is 1.84. The van der Waals surface area contributed by atoms with Crippen molar-refractivity contribution in [3.8, 4) is 0 Å². The standard InChI is InChI=1S/C10H20N2O3/c1-5-12(7-10(14)15-4)6-9(13)11-8(2)3/h8H,5-7H2,1-4H3,(H,11,13). The van der Waals surface area contributed by atoms with Crippen molar-refractivity contribution in [2.75, 3.05) is 26.7 Å². The summed E-state index contributed by atoms with van der Waals surface area (Å²) in [6.07, 6.45) is 0. The molecule has 0 aromatic rings. The van der Waals surface area contributed by atoms with Crippen LogP contribution in [-0.4, -0.2) is 49.6 Å². The number of nitrogens with one attached hydrogen (secondary N) is 1. The predicted octanol–water partition coefficient (Wildman–Crippen LogP) is 0.00590. The van der Waals surface area contributed by atoms with Gasteiger partial charge in [0.15, 0.2) is 0 Å². The van der Waals surface area contributed by atoms with Crippen molar-refractivity contribution in [3.05, 3.63) is 0 Å². The van der Waals surface area contributed by atoms with E-state index in [2.05, 4.69) is 10.1 Å². The molecule has 0 aliphatic rings. The third-order valence-corrected chi connectivity index (χ3v) is 1.84. The first kappa shape index (κ1) is 13.9. The maximum absolute atomic E-state index is 11.4. The highest BCUT2D eigenvalue weighted by atomic mass is 16.5. The second-order valence-corrected chi connectivity index (χ2v) is 3.60. The number of esters is 1. The number of ether oxygens (including phenoxy) is 1. The molecule has 5 nitrogen and oxygen atoms in total. The number of hydrogen-bond donors (Lipinski definition) is 1. The Balaban J connectivity index is 3.98. The Morgan fingerprint density at radius 2 is 1.93 bits per heavy atom. The Morgan fingerprint density at radius 1 is 1.33 bits per heavy atom. The van der Waals surface area contributed by atoms with Crippen LogP contribution >= 0.6 is 0 Å². The molecular formula is C10H20N2O3. The number of carbonyl (C=O) groups excluding carboxylic acids is 2. The van der Waals surface area contributed by atoms with Gasteiger partial charge in [0.05, 0.1) is 20.2 Å². The molecule has 0 radical (unpaired) electrons. The number of likely N-dealkylation sites (N-methyl/N-ethyl adjacent to an activating group) is 1. The highest BCUT2D eigenvalue weighted by molar-refractivity contribution is 5.79. The zero-order valence-corrected chi connectivity index (χ0v) is 9.87. The second-order valence-electron chi connectivity index (χ2n) is 3.60. The molecule has 5 heteroatoms. The van der Waals surface area contributed by atoms with Gasteiger partial charge in [0.2, 0.25) is 5.91 Å². The molecule has 0 fully saturated rings. The molecule has 1 N–H and O–H groups in total. The van der Waals surface area contributed by atoms with E-state index in [9.17, 15) is 9.59 Å². The Labute approximate surface area is 90.8 Å². The zero-order valence-electron chi connectivity index (χ0n) is 9.87. The smallest absolute Gasteiger partial charge is 0.319 e. The predicted molar refractivity (Wildman–Crippen MR) is 57.4 cm³/mol. The Bertz CT molecular complexity index is 217. The van der Waals surface area contributed by atoms with Crippen LogP contribution in [0.1, 0.15) is 20.8 Å². The van der Waals surface area contributed by atoms with E-state index in [0.717, 1.165) is 0 Å². The molecule has 1 amide bonds. The lowest BCUT2D eigenvalue weighted by molar-refractivity contribution is -0.142. The van der Waals surface area contributed by atoms with Gasteiger partial charge in [-0.05, 0) is 20.4 Å². The first-order valence-electron chi connectivity index (χ1n) is 5.08. The van der Waals surface area contributed by atoms with Crippen molar-refractivity contribution >= 4 is 11.9 Å². The van der Waals surface area contributed by atoms with Gasteiger partial charge in [0.25, 0.3) is 0 Å². The lowest BCUT2D eigenvalue weighted by Gasteiger charge is -2.19. The monoisotopic (exact) mass is 216 g/mol. The number of hydrogen-bond acceptors (Lipinski definition) is 4. The van der Waals surface area contributed by atoms with E-state index < -0.39 is 0 Å². The lowest BCUT2D eigenvalue weighted by Crippen LogP contribution is -2.42. The van der Waals surface area contributed by atoms with Gasteiger partial charge in [-0.25, -0.2) is 0 Å². The van der Waals surface area contributed by atoms with Crippen LogP contribution in [0.25, 0.3) is 0 Å². The first-order valence-corrected chi connectivity index (χ1v) is 5.08. The molecule has 0 bridgehead atoms. The average Bonchev–Trinajstić information content (AvgIpc) is 2.15. The maximum atomic E-state index is 11.4. The summed E-state index contributed by atoms with van der Waals surface area (Å²) in [5.74, 6) is -0.398. The van der Waals surface area contributed by atoms with Crippen LogP contribution in [0, 0.1) is 0 Å². The van der Waals surface area contributed by atoms with Crippen molar-refractivity contribution in [1.82, 2.24) is 10.2 Å². The van der Waals surface area contributed by atoms with Gasteiger partial charge in [-0.3, -0.25) is 14.5 Å². The fourth-order valence-corrected chi connectivity index (χ4v) is 1.10. The first-order chi connectivity index (χ1) is 6.99. The van der Waals surface area contributed by atoms with E-state index in [1.165, 1.54) is 7.11 Å². The second kappa shape index (κ2) is 7.23. The van der Waals surface area contributed by atoms with Gasteiger partial charge < -0.3 is 10.1 Å². The van der Waals surface area contributed by atoms with E-state index in [1.807, 2.05) is 20.8 Å². The summed E-state index contributed by atoms with van der Waals surface area (Å²) in [5, 5.41) is 2.77. The minimum atomic E-state index is -0.325. The maximum Gasteiger partial charge on any atom is 0.319 e. The number of rotatable bonds is 6. The minimum absolute atomic E-state index is 0.0734. The molecule has 0 aromatic heterocycles. The lowest BCUT2D eigenvalue weighted by atomic mass is 10.3. The summed E-state index contributed by atoms with van der Waals surface area (Å²) in [4.78, 5) is 24.1. The number of carbonyl (C=O) groups is 2. The van der Waals surface area contributed by atoms with E-state index in [0.29, 0.717) is 6.54 Å². The fourth-order valence-electron chi connectivity index (χ4n) is 1.10. The molecule has 0 aliphatic carbocycles. The van der Waals surface area contributed by atoms with Crippen molar-refractivity contribution < 1.29 is 14.3 Å². The number of methoxy groups -OCH3 is 1. The van der Waals surface area contributed by atoms with E-state index in [1.54, 1.807) is 4.90 Å². The molecule has 0 heterocycles. The van der Waals surface area contributed by atoms with Gasteiger partial charge in [-0.15, -0.1) is 0 Å². The summed E-state index contributed by atoms with van der Waals surface area (Å²) < 4.78 is 4.53. The van der Waals surface area contributed by atoms with Crippen LogP contribution in [0.3, 0.4) is 0 Å². The molecule has 0 aromatic carbocycles. The summed E-state index contributed by atoms with van der Waals surface area (Å²) in [7, 11) is 1.34. The molecule has 0 spiro atoms. The van der Waals surface area contributed by atoms with Gasteiger partial charge in [-0.1, -0.05) is 6.92 Å². The summed E-state index contributed by atoms with van der Waals surface area (Å²) in [6, 6.07) is 0.120. The molecule has 0 atom stereocenters. The molecule has 0 aliphatic heterocycles. The van der Waals surface area contributed by atoms with Crippen molar-refractivity contribution in [1.29, 1.82) is 0 Å². The van der Waals surface area contributed by atoms with Crippen LogP contribution in [0.15, 0.2) is 0 Å². The average molecular weight is 216 g/mol. The molecule has 0 unspecified atom stereocenters. The molecule has 0 saturated heterocycles. The molecule has 0 rings (SSSR count). The van der Waals surface area contributed by atoms with Crippen molar-refractivity contribution in [3.63, 3.8) is 0 Å². The highest BCUT2D eigenvalue weighted by Crippen LogP contribution is 1.90. The fraction of sp³-hybridized carbons (Fsp3) is 0.800. The Morgan fingerprint density at radius 3 is 2.33 bits per heavy atom. The van der Waals surface area contributed by atoms with Gasteiger partial charge >= 0.3 is 5.97 Å². The van der Waals surface area contributed by atoms with Gasteiger partial charge in [-0.2, -0.15) is 0 Å². The van der Waals surface area contributed by atoms with Crippen molar-refractivity contribution in [2.24, 2.45) is 0 Å². The van der Waals surface area contributed by atoms with E-state index in [-0.39, 0.29) is 31.0 Å². The van der Waals surface area contributed by atoms with Crippen LogP contribution in [0.2, 0.25) is 0 Å². The van der Waals surface area contributed by atoms with Crippen LogP contribution < -0.4 is 5.32 Å². The minimum Gasteiger partial charge on any atom is -0.468 e. The van der Waals surface area contributed by atoms with Crippen molar-refractivity contribution in [2.45, 2.75) is 26.8 Å². The van der Waals surface area contributed by atoms with E-state index in [4.69, 9.17) is 0 Å². The van der Waals surface area contributed by atoms with E-state index >= 15 is 0 Å². The van der Waals surface area contributed by atoms with Gasteiger partial charge in [0.1, 0.15) is 0 Å². The topological polar surface area (TPSA) is 58.6 Å². The number of amides is 1. The number of nitrogens with zero attached hydrogens (tertiary/aromatic N) is 1. The highest BCUT2D eigenvalue weighted by Gasteiger charge is 2.13. The molecule has 0 saturated carbocycles. The molecular weight excluding hydrogens is 196 g/mol. The van der Waals surface area contributed by atoms with Crippen LogP contribution in [-0.2, 0) is 14.3 Å². The van der Waals surface area contributed by atoms with Crippen LogP contribution in [0.4, 0.5) is 0 Å². The summed E-state index contributed by atoms with van der Waals surface area (Å²) in [6.45, 7) is 6.71. The zero-order chi connectivity index (χ0) is 11.8. The molecule has 88 valence electrons. The summed E-state index contributed by atoms with van der Waals surface area (Å²) in [5.41, 5.74) is 0. The normalized spacial score (nSPS) is 10.5. The van der Waals surface area contributed by atoms with Gasteiger partial charge in [0, 0.05) is 6.04 Å². The quantitative estimate of drug-likeness (QED) is 0.635. The Kier molecular flexibility index (Phi) is 6.70. The SMILES string of the molecule is CCN(CC(=O)NC(C)C)CC(=O)OC. The van der Waals surface area contributed by atoms with Crippen LogP contribution in [0.5, 0.6) is 0 Å². The third kappa shape index (κ3) is 6.90. The molecule has 15 heavy (non-hydrogen) atoms. The summed E-state index contributed by atoms with van der Waals surface area (Å²) >= 11 is 0. The largest absolute Gasteiger partial charge is 0.468 e. The Hall–Kier alpha value is -1.10.